The van der Waals surface area contributed by atoms with Gasteiger partial charge in [0.15, 0.2) is 11.8 Å². The molecular weight excluding hydrogens is 479 g/mol. The van der Waals surface area contributed by atoms with Crippen molar-refractivity contribution in [3.05, 3.63) is 46.5 Å². The second-order valence-electron chi connectivity index (χ2n) is 6.32. The zero-order valence-electron chi connectivity index (χ0n) is 15.6. The van der Waals surface area contributed by atoms with Crippen LogP contribution in [0.1, 0.15) is 23.6 Å². The lowest BCUT2D eigenvalue weighted by Gasteiger charge is -2.25. The summed E-state index contributed by atoms with van der Waals surface area (Å²) in [7, 11) is 3.44. The predicted molar refractivity (Wildman–Crippen MR) is 118 cm³/mol. The van der Waals surface area contributed by atoms with Gasteiger partial charge in [0.2, 0.25) is 0 Å². The minimum absolute atomic E-state index is 0. The van der Waals surface area contributed by atoms with Crippen molar-refractivity contribution in [1.82, 2.24) is 25.4 Å². The van der Waals surface area contributed by atoms with Crippen LogP contribution in [0.3, 0.4) is 0 Å². The Kier molecular flexibility index (Phi) is 8.78. The van der Waals surface area contributed by atoms with Gasteiger partial charge in [0.05, 0.1) is 6.54 Å². The first kappa shape index (κ1) is 21.9. The molecule has 2 heterocycles. The van der Waals surface area contributed by atoms with Gasteiger partial charge < -0.3 is 15.4 Å². The van der Waals surface area contributed by atoms with E-state index in [9.17, 15) is 0 Å². The summed E-state index contributed by atoms with van der Waals surface area (Å²) in [6, 6.07) is 8.20. The normalized spacial score (nSPS) is 16.4. The summed E-state index contributed by atoms with van der Waals surface area (Å²) in [5, 5.41) is 12.1. The molecule has 1 atom stereocenters. The number of nitrogens with one attached hydrogen (secondary N) is 2. The average molecular weight is 505 g/mol. The molecule has 1 aromatic heterocycles. The van der Waals surface area contributed by atoms with Crippen molar-refractivity contribution in [3.8, 4) is 0 Å². The molecule has 148 valence electrons. The maximum absolute atomic E-state index is 6.03. The molecule has 0 saturated heterocycles. The fourth-order valence-electron chi connectivity index (χ4n) is 3.07. The summed E-state index contributed by atoms with van der Waals surface area (Å²) < 4.78 is 7.08. The number of aliphatic imine (C=N–C) groups is 1. The predicted octanol–water partition coefficient (Wildman–Crippen LogP) is 2.42. The second kappa shape index (κ2) is 10.8. The number of fused-ring (bicyclic) bond motifs is 1. The Hall–Kier alpha value is -1.39. The SMILES string of the molecule is CN=C(NCCc1cccc(Cl)c1)NC1CCc2nc(COC)nn2C1.I. The van der Waals surface area contributed by atoms with E-state index in [0.29, 0.717) is 6.61 Å². The fourth-order valence-corrected chi connectivity index (χ4v) is 3.29. The Morgan fingerprint density at radius 1 is 1.44 bits per heavy atom. The third-order valence-electron chi connectivity index (χ3n) is 4.33. The van der Waals surface area contributed by atoms with Crippen molar-refractivity contribution in [1.29, 1.82) is 0 Å². The molecule has 3 rings (SSSR count). The number of methoxy groups -OCH3 is 1. The van der Waals surface area contributed by atoms with Gasteiger partial charge >= 0.3 is 0 Å². The van der Waals surface area contributed by atoms with Crippen LogP contribution in [-0.4, -0.2) is 47.5 Å². The second-order valence-corrected chi connectivity index (χ2v) is 6.75. The van der Waals surface area contributed by atoms with Crippen LogP contribution in [0.25, 0.3) is 0 Å². The van der Waals surface area contributed by atoms with Gasteiger partial charge in [-0.3, -0.25) is 4.99 Å². The highest BCUT2D eigenvalue weighted by Gasteiger charge is 2.22. The van der Waals surface area contributed by atoms with Gasteiger partial charge in [-0.2, -0.15) is 5.10 Å². The number of aryl methyl sites for hydroxylation is 1. The maximum atomic E-state index is 6.03. The number of halogens is 2. The zero-order chi connectivity index (χ0) is 18.4. The maximum Gasteiger partial charge on any atom is 0.191 e. The molecule has 0 aliphatic carbocycles. The average Bonchev–Trinajstić information content (AvgIpc) is 3.03. The van der Waals surface area contributed by atoms with Gasteiger partial charge in [0.25, 0.3) is 0 Å². The van der Waals surface area contributed by atoms with Crippen LogP contribution in [-0.2, 0) is 30.7 Å². The molecule has 0 radical (unpaired) electrons. The zero-order valence-corrected chi connectivity index (χ0v) is 18.7. The molecule has 1 unspecified atom stereocenters. The van der Waals surface area contributed by atoms with Crippen LogP contribution in [0.15, 0.2) is 29.3 Å². The van der Waals surface area contributed by atoms with Crippen LogP contribution >= 0.6 is 35.6 Å². The molecule has 7 nitrogen and oxygen atoms in total. The van der Waals surface area contributed by atoms with Crippen molar-refractivity contribution in [2.24, 2.45) is 4.99 Å². The van der Waals surface area contributed by atoms with Crippen LogP contribution in [0, 0.1) is 0 Å². The molecule has 0 bridgehead atoms. The topological polar surface area (TPSA) is 76.4 Å². The van der Waals surface area contributed by atoms with Gasteiger partial charge in [-0.15, -0.1) is 24.0 Å². The standard InChI is InChI=1S/C18H25ClN6O.HI/c1-20-18(21-9-8-13-4-3-5-14(19)10-13)22-15-6-7-17-23-16(12-26-2)24-25(17)11-15;/h3-5,10,15H,6-9,11-12H2,1-2H3,(H2,20,21,22);1H. The highest BCUT2D eigenvalue weighted by atomic mass is 127. The lowest BCUT2D eigenvalue weighted by Crippen LogP contribution is -2.47. The van der Waals surface area contributed by atoms with E-state index in [1.807, 2.05) is 22.9 Å². The number of ether oxygens (including phenoxy) is 1. The van der Waals surface area contributed by atoms with Crippen molar-refractivity contribution >= 4 is 41.5 Å². The van der Waals surface area contributed by atoms with Crippen molar-refractivity contribution in [2.45, 2.75) is 38.5 Å². The van der Waals surface area contributed by atoms with Gasteiger partial charge in [-0.1, -0.05) is 23.7 Å². The summed E-state index contributed by atoms with van der Waals surface area (Å²) in [5.74, 6) is 2.57. The number of benzene rings is 1. The van der Waals surface area contributed by atoms with E-state index in [0.717, 1.165) is 55.0 Å². The summed E-state index contributed by atoms with van der Waals surface area (Å²) >= 11 is 6.03. The number of hydrogen-bond donors (Lipinski definition) is 2. The molecule has 1 aliphatic heterocycles. The molecule has 9 heteroatoms. The summed E-state index contributed by atoms with van der Waals surface area (Å²) in [5.41, 5.74) is 1.20. The van der Waals surface area contributed by atoms with E-state index in [-0.39, 0.29) is 30.0 Å². The molecule has 2 aromatic rings. The highest BCUT2D eigenvalue weighted by Crippen LogP contribution is 2.13. The first-order valence-electron chi connectivity index (χ1n) is 8.81. The van der Waals surface area contributed by atoms with Crippen molar-refractivity contribution in [2.75, 3.05) is 20.7 Å². The van der Waals surface area contributed by atoms with Gasteiger partial charge in [-0.05, 0) is 30.5 Å². The van der Waals surface area contributed by atoms with Crippen LogP contribution in [0.5, 0.6) is 0 Å². The summed E-state index contributed by atoms with van der Waals surface area (Å²) in [6.45, 7) is 2.02. The van der Waals surface area contributed by atoms with Crippen LogP contribution < -0.4 is 10.6 Å². The lowest BCUT2D eigenvalue weighted by molar-refractivity contribution is 0.177. The molecule has 0 saturated carbocycles. The molecular formula is C18H26ClIN6O. The van der Waals surface area contributed by atoms with Crippen molar-refractivity contribution in [3.63, 3.8) is 0 Å². The number of hydrogen-bond acceptors (Lipinski definition) is 4. The van der Waals surface area contributed by atoms with Crippen LogP contribution in [0.4, 0.5) is 0 Å². The molecule has 27 heavy (non-hydrogen) atoms. The molecule has 2 N–H and O–H groups in total. The molecule has 0 amide bonds. The Morgan fingerprint density at radius 3 is 3.04 bits per heavy atom. The quantitative estimate of drug-likeness (QED) is 0.359. The molecule has 1 aliphatic rings. The smallest absolute Gasteiger partial charge is 0.191 e. The van der Waals surface area contributed by atoms with E-state index in [1.165, 1.54) is 5.56 Å². The Morgan fingerprint density at radius 2 is 2.30 bits per heavy atom. The summed E-state index contributed by atoms with van der Waals surface area (Å²) in [6.07, 6.45) is 2.79. The van der Waals surface area contributed by atoms with E-state index >= 15 is 0 Å². The largest absolute Gasteiger partial charge is 0.377 e. The van der Waals surface area contributed by atoms with Crippen molar-refractivity contribution < 1.29 is 4.74 Å². The fraction of sp³-hybridized carbons (Fsp3) is 0.500. The molecule has 0 spiro atoms. The van der Waals surface area contributed by atoms with E-state index in [2.05, 4.69) is 31.8 Å². The third kappa shape index (κ3) is 6.32. The van der Waals surface area contributed by atoms with Gasteiger partial charge in [0, 0.05) is 38.2 Å². The molecule has 1 aromatic carbocycles. The Balaban J connectivity index is 0.00000261. The van der Waals surface area contributed by atoms with E-state index in [4.69, 9.17) is 16.3 Å². The Bertz CT molecular complexity index is 766. The number of guanidine groups is 1. The monoisotopic (exact) mass is 504 g/mol. The highest BCUT2D eigenvalue weighted by molar-refractivity contribution is 14.0. The minimum Gasteiger partial charge on any atom is -0.377 e. The lowest BCUT2D eigenvalue weighted by atomic mass is 10.1. The minimum atomic E-state index is 0. The van der Waals surface area contributed by atoms with E-state index in [1.54, 1.807) is 14.2 Å². The summed E-state index contributed by atoms with van der Waals surface area (Å²) in [4.78, 5) is 8.83. The number of rotatable bonds is 6. The number of aromatic nitrogens is 3. The third-order valence-corrected chi connectivity index (χ3v) is 4.57. The van der Waals surface area contributed by atoms with Gasteiger partial charge in [-0.25, -0.2) is 9.67 Å². The Labute approximate surface area is 182 Å². The van der Waals surface area contributed by atoms with Crippen LogP contribution in [0.2, 0.25) is 5.02 Å². The van der Waals surface area contributed by atoms with Gasteiger partial charge in [0.1, 0.15) is 12.4 Å². The first-order chi connectivity index (χ1) is 12.7. The first-order valence-corrected chi connectivity index (χ1v) is 9.19. The molecule has 0 fully saturated rings. The number of nitrogens with zero attached hydrogens (tertiary/aromatic N) is 4. The van der Waals surface area contributed by atoms with E-state index < -0.39 is 0 Å².